The van der Waals surface area contributed by atoms with E-state index in [0.717, 1.165) is 0 Å². The van der Waals surface area contributed by atoms with Crippen LogP contribution in [0, 0.1) is 0 Å². The molecule has 0 amide bonds. The highest BCUT2D eigenvalue weighted by atomic mass is 32.2. The quantitative estimate of drug-likeness (QED) is 0.322. The van der Waals surface area contributed by atoms with E-state index in [4.69, 9.17) is 0 Å². The number of halogens is 4. The SMILES string of the molecule is CCNC(=NCCCF)NC1CCN(S(=O)(=O)C(F)(F)F)CC1. The minimum atomic E-state index is -5.27. The molecule has 1 rings (SSSR count). The fourth-order valence-corrected chi connectivity index (χ4v) is 3.14. The summed E-state index contributed by atoms with van der Waals surface area (Å²) in [5, 5.41) is 6.00. The van der Waals surface area contributed by atoms with Crippen molar-refractivity contribution >= 4 is 16.0 Å². The number of alkyl halides is 4. The molecular weight excluding hydrogens is 340 g/mol. The van der Waals surface area contributed by atoms with E-state index in [0.29, 0.717) is 29.8 Å². The minimum absolute atomic E-state index is 0.183. The number of hydrogen-bond donors (Lipinski definition) is 2. The topological polar surface area (TPSA) is 73.8 Å². The number of guanidine groups is 1. The van der Waals surface area contributed by atoms with Crippen molar-refractivity contribution in [2.24, 2.45) is 4.99 Å². The molecule has 1 aliphatic rings. The second-order valence-corrected chi connectivity index (χ2v) is 7.00. The molecule has 23 heavy (non-hydrogen) atoms. The summed E-state index contributed by atoms with van der Waals surface area (Å²) < 4.78 is 72.7. The number of nitrogens with one attached hydrogen (secondary N) is 2. The van der Waals surface area contributed by atoms with Crippen LogP contribution < -0.4 is 10.6 Å². The van der Waals surface area contributed by atoms with Gasteiger partial charge in [-0.15, -0.1) is 0 Å². The predicted molar refractivity (Wildman–Crippen MR) is 79.3 cm³/mol. The fourth-order valence-electron chi connectivity index (χ4n) is 2.15. The predicted octanol–water partition coefficient (Wildman–Crippen LogP) is 1.22. The standard InChI is InChI=1S/C12H22F4N4O2S/c1-2-17-11(18-7-3-6-13)19-10-4-8-20(9-5-10)23(21,22)12(14,15)16/h10H,2-9H2,1H3,(H2,17,18,19). The van der Waals surface area contributed by atoms with Crippen LogP contribution in [0.2, 0.25) is 0 Å². The van der Waals surface area contributed by atoms with Gasteiger partial charge in [0.25, 0.3) is 0 Å². The number of nitrogens with zero attached hydrogens (tertiary/aromatic N) is 2. The second kappa shape index (κ2) is 8.67. The highest BCUT2D eigenvalue weighted by Crippen LogP contribution is 2.28. The molecule has 1 saturated heterocycles. The van der Waals surface area contributed by atoms with Crippen molar-refractivity contribution in [3.05, 3.63) is 0 Å². The lowest BCUT2D eigenvalue weighted by molar-refractivity contribution is -0.0494. The lowest BCUT2D eigenvalue weighted by Gasteiger charge is -2.32. The van der Waals surface area contributed by atoms with Gasteiger partial charge in [0.1, 0.15) is 0 Å². The average Bonchev–Trinajstić information content (AvgIpc) is 2.47. The van der Waals surface area contributed by atoms with Crippen LogP contribution >= 0.6 is 0 Å². The van der Waals surface area contributed by atoms with Gasteiger partial charge in [0.05, 0.1) is 6.67 Å². The molecule has 0 unspecified atom stereocenters. The van der Waals surface area contributed by atoms with Crippen molar-refractivity contribution in [1.82, 2.24) is 14.9 Å². The zero-order valence-corrected chi connectivity index (χ0v) is 13.7. The maximum atomic E-state index is 12.5. The smallest absolute Gasteiger partial charge is 0.357 e. The molecule has 1 heterocycles. The van der Waals surface area contributed by atoms with Gasteiger partial charge in [-0.25, -0.2) is 8.42 Å². The van der Waals surface area contributed by atoms with E-state index in [1.165, 1.54) is 0 Å². The van der Waals surface area contributed by atoms with Crippen LogP contribution in [0.25, 0.3) is 0 Å². The van der Waals surface area contributed by atoms with Gasteiger partial charge in [-0.05, 0) is 26.2 Å². The summed E-state index contributed by atoms with van der Waals surface area (Å²) >= 11 is 0. The first-order valence-corrected chi connectivity index (χ1v) is 8.83. The Balaban J connectivity index is 2.56. The molecular formula is C12H22F4N4O2S. The molecule has 0 aromatic rings. The van der Waals surface area contributed by atoms with E-state index < -0.39 is 22.2 Å². The molecule has 0 radical (unpaired) electrons. The Kier molecular flexibility index (Phi) is 7.52. The summed E-state index contributed by atoms with van der Waals surface area (Å²) in [6, 6.07) is -0.183. The largest absolute Gasteiger partial charge is 0.511 e. The highest BCUT2D eigenvalue weighted by Gasteiger charge is 2.50. The van der Waals surface area contributed by atoms with Crippen molar-refractivity contribution in [3.8, 4) is 0 Å². The number of aliphatic imine (C=N–C) groups is 1. The number of sulfonamides is 1. The van der Waals surface area contributed by atoms with E-state index in [2.05, 4.69) is 15.6 Å². The van der Waals surface area contributed by atoms with E-state index in [1.807, 2.05) is 6.92 Å². The molecule has 0 aromatic carbocycles. The van der Waals surface area contributed by atoms with Gasteiger partial charge < -0.3 is 10.6 Å². The summed E-state index contributed by atoms with van der Waals surface area (Å²) in [5.41, 5.74) is -5.27. The monoisotopic (exact) mass is 362 g/mol. The molecule has 0 saturated carbocycles. The number of hydrogen-bond acceptors (Lipinski definition) is 3. The second-order valence-electron chi connectivity index (χ2n) is 5.07. The molecule has 2 N–H and O–H groups in total. The van der Waals surface area contributed by atoms with E-state index in [1.54, 1.807) is 0 Å². The fraction of sp³-hybridized carbons (Fsp3) is 0.917. The Hall–Kier alpha value is -1.10. The Morgan fingerprint density at radius 3 is 2.39 bits per heavy atom. The lowest BCUT2D eigenvalue weighted by atomic mass is 10.1. The molecule has 6 nitrogen and oxygen atoms in total. The molecule has 0 bridgehead atoms. The van der Waals surface area contributed by atoms with Crippen LogP contribution in [-0.4, -0.2) is 63.1 Å². The van der Waals surface area contributed by atoms with Crippen molar-refractivity contribution in [1.29, 1.82) is 0 Å². The van der Waals surface area contributed by atoms with Gasteiger partial charge in [-0.2, -0.15) is 17.5 Å². The van der Waals surface area contributed by atoms with Crippen molar-refractivity contribution < 1.29 is 26.0 Å². The third-order valence-corrected chi connectivity index (χ3v) is 4.96. The van der Waals surface area contributed by atoms with Gasteiger partial charge in [-0.3, -0.25) is 9.38 Å². The Labute approximate surface area is 133 Å². The third-order valence-electron chi connectivity index (χ3n) is 3.33. The van der Waals surface area contributed by atoms with Crippen LogP contribution in [-0.2, 0) is 10.0 Å². The Morgan fingerprint density at radius 2 is 1.91 bits per heavy atom. The first kappa shape index (κ1) is 19.9. The van der Waals surface area contributed by atoms with Crippen LogP contribution in [0.3, 0.4) is 0 Å². The van der Waals surface area contributed by atoms with Crippen molar-refractivity contribution in [3.63, 3.8) is 0 Å². The van der Waals surface area contributed by atoms with Gasteiger partial charge in [0.15, 0.2) is 5.96 Å². The minimum Gasteiger partial charge on any atom is -0.357 e. The van der Waals surface area contributed by atoms with Crippen molar-refractivity contribution in [2.45, 2.75) is 37.7 Å². The normalized spacial score (nSPS) is 18.9. The maximum absolute atomic E-state index is 12.5. The molecule has 0 aromatic heterocycles. The Bertz CT molecular complexity index is 488. The molecule has 0 atom stereocenters. The van der Waals surface area contributed by atoms with Crippen LogP contribution in [0.15, 0.2) is 4.99 Å². The van der Waals surface area contributed by atoms with E-state index in [9.17, 15) is 26.0 Å². The molecule has 0 aliphatic carbocycles. The van der Waals surface area contributed by atoms with Crippen LogP contribution in [0.5, 0.6) is 0 Å². The summed E-state index contributed by atoms with van der Waals surface area (Å²) in [6.45, 7) is 1.85. The summed E-state index contributed by atoms with van der Waals surface area (Å²) in [7, 11) is -5.26. The zero-order chi connectivity index (χ0) is 17.5. The average molecular weight is 362 g/mol. The molecule has 136 valence electrons. The zero-order valence-electron chi connectivity index (χ0n) is 12.9. The number of rotatable bonds is 6. The molecule has 11 heteroatoms. The lowest BCUT2D eigenvalue weighted by Crippen LogP contribution is -2.51. The number of piperidine rings is 1. The summed E-state index contributed by atoms with van der Waals surface area (Å²) in [5.74, 6) is 0.457. The maximum Gasteiger partial charge on any atom is 0.511 e. The van der Waals surface area contributed by atoms with Gasteiger partial charge in [-0.1, -0.05) is 0 Å². The van der Waals surface area contributed by atoms with Gasteiger partial charge >= 0.3 is 15.5 Å². The van der Waals surface area contributed by atoms with Gasteiger partial charge in [0.2, 0.25) is 0 Å². The molecule has 1 aliphatic heterocycles. The Morgan fingerprint density at radius 1 is 1.30 bits per heavy atom. The molecule has 0 spiro atoms. The first-order chi connectivity index (χ1) is 10.7. The van der Waals surface area contributed by atoms with Gasteiger partial charge in [0, 0.05) is 32.2 Å². The van der Waals surface area contributed by atoms with Crippen LogP contribution in [0.4, 0.5) is 17.6 Å². The van der Waals surface area contributed by atoms with E-state index in [-0.39, 0.29) is 32.0 Å². The van der Waals surface area contributed by atoms with Crippen LogP contribution in [0.1, 0.15) is 26.2 Å². The molecule has 1 fully saturated rings. The van der Waals surface area contributed by atoms with E-state index >= 15 is 0 Å². The van der Waals surface area contributed by atoms with Crippen molar-refractivity contribution in [2.75, 3.05) is 32.9 Å². The highest BCUT2D eigenvalue weighted by molar-refractivity contribution is 7.90. The summed E-state index contributed by atoms with van der Waals surface area (Å²) in [6.07, 6.45) is 0.768. The summed E-state index contributed by atoms with van der Waals surface area (Å²) in [4.78, 5) is 4.15. The first-order valence-electron chi connectivity index (χ1n) is 7.39. The third kappa shape index (κ3) is 5.79.